The van der Waals surface area contributed by atoms with Gasteiger partial charge >= 0.3 is 0 Å². The van der Waals surface area contributed by atoms with Gasteiger partial charge in [0.1, 0.15) is 5.82 Å². The summed E-state index contributed by atoms with van der Waals surface area (Å²) in [6, 6.07) is 10.2. The lowest BCUT2D eigenvalue weighted by Gasteiger charge is -2.39. The van der Waals surface area contributed by atoms with Gasteiger partial charge < -0.3 is 9.80 Å². The third-order valence-corrected chi connectivity index (χ3v) is 5.54. The predicted molar refractivity (Wildman–Crippen MR) is 103 cm³/mol. The number of piperidine rings is 1. The van der Waals surface area contributed by atoms with Gasteiger partial charge in [0.25, 0.3) is 0 Å². The Labute approximate surface area is 154 Å². The third kappa shape index (κ3) is 3.62. The Balaban J connectivity index is 1.34. The zero-order valence-corrected chi connectivity index (χ0v) is 14.9. The second-order valence-corrected chi connectivity index (χ2v) is 7.31. The molecule has 5 nitrogen and oxygen atoms in total. The average Bonchev–Trinajstić information content (AvgIpc) is 2.99. The Morgan fingerprint density at radius 1 is 1.12 bits per heavy atom. The van der Waals surface area contributed by atoms with E-state index < -0.39 is 0 Å². The summed E-state index contributed by atoms with van der Waals surface area (Å²) in [4.78, 5) is 25.3. The van der Waals surface area contributed by atoms with Crippen molar-refractivity contribution in [3.8, 4) is 0 Å². The summed E-state index contributed by atoms with van der Waals surface area (Å²) in [5, 5.41) is 0. The molecule has 1 spiro atoms. The van der Waals surface area contributed by atoms with E-state index >= 15 is 0 Å². The van der Waals surface area contributed by atoms with E-state index in [1.807, 2.05) is 29.3 Å². The molecule has 0 saturated carbocycles. The zero-order chi connectivity index (χ0) is 17.8. The standard InChI is InChI=1S/C21H24N4O/c26-20-15-21(8-13-24(14-9-21)19-16-22-10-11-23-19)17-25(20)12-4-7-18-5-2-1-3-6-18/h1-7,10-11,16H,8-9,12-15,17H2/b7-4+. The van der Waals surface area contributed by atoms with Crippen LogP contribution in [0.15, 0.2) is 55.0 Å². The van der Waals surface area contributed by atoms with Crippen molar-refractivity contribution in [3.05, 3.63) is 60.6 Å². The fourth-order valence-corrected chi connectivity index (χ4v) is 4.03. The number of carbonyl (C=O) groups excluding carboxylic acids is 1. The van der Waals surface area contributed by atoms with Crippen LogP contribution < -0.4 is 4.90 Å². The zero-order valence-electron chi connectivity index (χ0n) is 14.9. The summed E-state index contributed by atoms with van der Waals surface area (Å²) in [5.74, 6) is 1.23. The molecule has 0 radical (unpaired) electrons. The number of anilines is 1. The highest BCUT2D eigenvalue weighted by atomic mass is 16.2. The van der Waals surface area contributed by atoms with Crippen LogP contribution in [0.25, 0.3) is 6.08 Å². The van der Waals surface area contributed by atoms with E-state index in [4.69, 9.17) is 0 Å². The van der Waals surface area contributed by atoms with Gasteiger partial charge in [-0.15, -0.1) is 0 Å². The van der Waals surface area contributed by atoms with Crippen molar-refractivity contribution in [3.63, 3.8) is 0 Å². The number of likely N-dealkylation sites (tertiary alicyclic amines) is 1. The number of rotatable bonds is 4. The number of amides is 1. The summed E-state index contributed by atoms with van der Waals surface area (Å²) < 4.78 is 0. The van der Waals surface area contributed by atoms with Crippen LogP contribution in [0.4, 0.5) is 5.82 Å². The third-order valence-electron chi connectivity index (χ3n) is 5.54. The molecule has 2 aromatic rings. The van der Waals surface area contributed by atoms with E-state index in [2.05, 4.69) is 39.2 Å². The van der Waals surface area contributed by atoms with Crippen molar-refractivity contribution in [2.75, 3.05) is 31.1 Å². The topological polar surface area (TPSA) is 49.3 Å². The normalized spacial score (nSPS) is 19.6. The molecule has 134 valence electrons. The van der Waals surface area contributed by atoms with Crippen LogP contribution in [0.5, 0.6) is 0 Å². The van der Waals surface area contributed by atoms with E-state index in [0.29, 0.717) is 13.0 Å². The molecule has 26 heavy (non-hydrogen) atoms. The lowest BCUT2D eigenvalue weighted by Crippen LogP contribution is -2.42. The number of hydrogen-bond donors (Lipinski definition) is 0. The quantitative estimate of drug-likeness (QED) is 0.852. The highest BCUT2D eigenvalue weighted by Crippen LogP contribution is 2.41. The highest BCUT2D eigenvalue weighted by Gasteiger charge is 2.44. The first-order valence-electron chi connectivity index (χ1n) is 9.25. The molecule has 0 N–H and O–H groups in total. The summed E-state index contributed by atoms with van der Waals surface area (Å²) in [7, 11) is 0. The van der Waals surface area contributed by atoms with Gasteiger partial charge in [-0.05, 0) is 18.4 Å². The Morgan fingerprint density at radius 2 is 1.92 bits per heavy atom. The molecule has 5 heteroatoms. The van der Waals surface area contributed by atoms with E-state index in [1.54, 1.807) is 12.4 Å². The minimum absolute atomic E-state index is 0.135. The maximum absolute atomic E-state index is 12.5. The molecule has 2 aliphatic heterocycles. The number of hydrogen-bond acceptors (Lipinski definition) is 4. The summed E-state index contributed by atoms with van der Waals surface area (Å²) in [6.45, 7) is 3.46. The van der Waals surface area contributed by atoms with Gasteiger partial charge in [0, 0.05) is 50.4 Å². The Morgan fingerprint density at radius 3 is 2.65 bits per heavy atom. The molecule has 4 rings (SSSR count). The van der Waals surface area contributed by atoms with Gasteiger partial charge in [0.05, 0.1) is 6.20 Å². The van der Waals surface area contributed by atoms with Crippen LogP contribution in [0.2, 0.25) is 0 Å². The van der Waals surface area contributed by atoms with Gasteiger partial charge in [0.2, 0.25) is 5.91 Å². The first-order chi connectivity index (χ1) is 12.7. The van der Waals surface area contributed by atoms with E-state index in [9.17, 15) is 4.79 Å². The lowest BCUT2D eigenvalue weighted by molar-refractivity contribution is -0.127. The smallest absolute Gasteiger partial charge is 0.223 e. The van der Waals surface area contributed by atoms with Crippen molar-refractivity contribution >= 4 is 17.8 Å². The summed E-state index contributed by atoms with van der Waals surface area (Å²) in [6.07, 6.45) is 12.2. The van der Waals surface area contributed by atoms with Gasteiger partial charge in [-0.3, -0.25) is 9.78 Å². The predicted octanol–water partition coefficient (Wildman–Crippen LogP) is 3.01. The molecule has 1 amide bonds. The number of carbonyl (C=O) groups is 1. The molecule has 1 aromatic carbocycles. The molecular weight excluding hydrogens is 324 g/mol. The average molecular weight is 348 g/mol. The Hall–Kier alpha value is -2.69. The van der Waals surface area contributed by atoms with Crippen LogP contribution in [0, 0.1) is 5.41 Å². The van der Waals surface area contributed by atoms with Crippen LogP contribution in [-0.4, -0.2) is 47.0 Å². The Kier molecular flexibility index (Phi) is 4.69. The van der Waals surface area contributed by atoms with Crippen molar-refractivity contribution in [1.29, 1.82) is 0 Å². The molecule has 1 aromatic heterocycles. The lowest BCUT2D eigenvalue weighted by atomic mass is 9.77. The monoisotopic (exact) mass is 348 g/mol. The summed E-state index contributed by atoms with van der Waals surface area (Å²) in [5.41, 5.74) is 1.31. The van der Waals surface area contributed by atoms with Crippen LogP contribution in [0.3, 0.4) is 0 Å². The molecule has 2 fully saturated rings. The minimum Gasteiger partial charge on any atom is -0.355 e. The van der Waals surface area contributed by atoms with Crippen LogP contribution in [0.1, 0.15) is 24.8 Å². The molecular formula is C21H24N4O. The summed E-state index contributed by atoms with van der Waals surface area (Å²) >= 11 is 0. The maximum Gasteiger partial charge on any atom is 0.223 e. The maximum atomic E-state index is 12.5. The van der Waals surface area contributed by atoms with E-state index in [0.717, 1.165) is 38.3 Å². The first-order valence-corrected chi connectivity index (χ1v) is 9.25. The molecule has 3 heterocycles. The Bertz CT molecular complexity index is 767. The van der Waals surface area contributed by atoms with Crippen molar-refractivity contribution in [1.82, 2.24) is 14.9 Å². The molecule has 0 aliphatic carbocycles. The fourth-order valence-electron chi connectivity index (χ4n) is 4.03. The van der Waals surface area contributed by atoms with Crippen LogP contribution >= 0.6 is 0 Å². The van der Waals surface area contributed by atoms with Gasteiger partial charge in [-0.25, -0.2) is 4.98 Å². The molecule has 0 bridgehead atoms. The van der Waals surface area contributed by atoms with Crippen LogP contribution in [-0.2, 0) is 4.79 Å². The molecule has 2 saturated heterocycles. The second kappa shape index (κ2) is 7.28. The van der Waals surface area contributed by atoms with Crippen molar-refractivity contribution in [2.45, 2.75) is 19.3 Å². The van der Waals surface area contributed by atoms with E-state index in [-0.39, 0.29) is 11.3 Å². The van der Waals surface area contributed by atoms with Crippen molar-refractivity contribution < 1.29 is 4.79 Å². The second-order valence-electron chi connectivity index (χ2n) is 7.31. The molecule has 0 atom stereocenters. The van der Waals surface area contributed by atoms with Gasteiger partial charge in [-0.2, -0.15) is 0 Å². The minimum atomic E-state index is 0.135. The fraction of sp³-hybridized carbons (Fsp3) is 0.381. The molecule has 0 unspecified atom stereocenters. The number of benzene rings is 1. The SMILES string of the molecule is O=C1CC2(CCN(c3cnccn3)CC2)CN1C/C=C/c1ccccc1. The van der Waals surface area contributed by atoms with Gasteiger partial charge in [-0.1, -0.05) is 42.5 Å². The van der Waals surface area contributed by atoms with Gasteiger partial charge in [0.15, 0.2) is 0 Å². The number of nitrogens with zero attached hydrogens (tertiary/aromatic N) is 4. The number of aromatic nitrogens is 2. The molecule has 2 aliphatic rings. The van der Waals surface area contributed by atoms with Crippen molar-refractivity contribution in [2.24, 2.45) is 5.41 Å². The van der Waals surface area contributed by atoms with E-state index in [1.165, 1.54) is 5.56 Å². The highest BCUT2D eigenvalue weighted by molar-refractivity contribution is 5.80. The largest absolute Gasteiger partial charge is 0.355 e. The first kappa shape index (κ1) is 16.8.